The maximum absolute atomic E-state index is 12.3. The first-order chi connectivity index (χ1) is 8.99. The Morgan fingerprint density at radius 3 is 2.74 bits per heavy atom. The number of nitrogens with one attached hydrogen (secondary N) is 2. The van der Waals surface area contributed by atoms with Gasteiger partial charge in [-0.25, -0.2) is 4.79 Å². The number of rotatable bonds is 1. The highest BCUT2D eigenvalue weighted by Crippen LogP contribution is 2.25. The minimum absolute atomic E-state index is 0.0503. The summed E-state index contributed by atoms with van der Waals surface area (Å²) in [7, 11) is 0. The molecule has 1 aliphatic heterocycles. The number of aryl methyl sites for hydroxylation is 1. The molecule has 0 aliphatic carbocycles. The lowest BCUT2D eigenvalue weighted by molar-refractivity contribution is -0.119. The van der Waals surface area contributed by atoms with E-state index in [9.17, 15) is 19.2 Å². The summed E-state index contributed by atoms with van der Waals surface area (Å²) in [4.78, 5) is 51.2. The van der Waals surface area contributed by atoms with E-state index in [0.29, 0.717) is 18.5 Å². The van der Waals surface area contributed by atoms with Gasteiger partial charge in [0.2, 0.25) is 0 Å². The zero-order valence-corrected chi connectivity index (χ0v) is 10.1. The second-order valence-corrected chi connectivity index (χ2v) is 4.67. The van der Waals surface area contributed by atoms with Crippen molar-refractivity contribution in [1.82, 2.24) is 14.5 Å². The van der Waals surface area contributed by atoms with Crippen molar-refractivity contribution in [1.29, 1.82) is 0 Å². The number of hydrogen-bond donors (Lipinski definition) is 2. The van der Waals surface area contributed by atoms with Gasteiger partial charge in [-0.2, -0.15) is 0 Å². The lowest BCUT2D eigenvalue weighted by Gasteiger charge is -2.11. The van der Waals surface area contributed by atoms with Crippen LogP contribution in [-0.4, -0.2) is 20.3 Å². The molecule has 3 heterocycles. The fourth-order valence-corrected chi connectivity index (χ4v) is 2.62. The smallest absolute Gasteiger partial charge is 0.302 e. The minimum atomic E-state index is -0.729. The summed E-state index contributed by atoms with van der Waals surface area (Å²) in [6, 6.07) is 1.06. The van der Waals surface area contributed by atoms with Crippen molar-refractivity contribution in [3.8, 4) is 0 Å². The molecule has 0 radical (unpaired) electrons. The molecule has 3 rings (SSSR count). The van der Waals surface area contributed by atoms with Crippen molar-refractivity contribution >= 4 is 16.7 Å². The van der Waals surface area contributed by atoms with Crippen molar-refractivity contribution in [2.24, 2.45) is 0 Å². The molecule has 7 nitrogen and oxygen atoms in total. The first-order valence-electron chi connectivity index (χ1n) is 5.90. The van der Waals surface area contributed by atoms with Crippen molar-refractivity contribution in [3.05, 3.63) is 43.0 Å². The molecule has 1 aliphatic rings. The van der Waals surface area contributed by atoms with Crippen LogP contribution in [0.15, 0.2) is 20.4 Å². The number of H-pyrrole nitrogens is 2. The lowest BCUT2D eigenvalue weighted by Crippen LogP contribution is -2.32. The Morgan fingerprint density at radius 2 is 2.05 bits per heavy atom. The van der Waals surface area contributed by atoms with Crippen LogP contribution in [0.4, 0.5) is 0 Å². The van der Waals surface area contributed by atoms with Crippen LogP contribution in [0.3, 0.4) is 0 Å². The summed E-state index contributed by atoms with van der Waals surface area (Å²) >= 11 is 0. The average molecular weight is 261 g/mol. The van der Waals surface area contributed by atoms with Gasteiger partial charge in [0.25, 0.3) is 11.1 Å². The number of Topliss-reactive ketones (excluding diaryl/α,β-unsaturated/α-hetero) is 1. The molecule has 0 saturated carbocycles. The summed E-state index contributed by atoms with van der Waals surface area (Å²) in [6.07, 6.45) is 1.11. The van der Waals surface area contributed by atoms with Crippen molar-refractivity contribution in [2.75, 3.05) is 0 Å². The predicted octanol–water partition coefficient (Wildman–Crippen LogP) is -0.546. The molecule has 7 heteroatoms. The Balaban J connectivity index is 2.48. The molecule has 1 unspecified atom stereocenters. The highest BCUT2D eigenvalue weighted by Gasteiger charge is 2.28. The fourth-order valence-electron chi connectivity index (χ4n) is 2.62. The monoisotopic (exact) mass is 261 g/mol. The van der Waals surface area contributed by atoms with Gasteiger partial charge in [-0.05, 0) is 25.8 Å². The fraction of sp³-hybridized carbons (Fsp3) is 0.333. The number of aromatic nitrogens is 3. The van der Waals surface area contributed by atoms with Crippen LogP contribution in [0.1, 0.15) is 25.1 Å². The van der Waals surface area contributed by atoms with Gasteiger partial charge in [0.05, 0.1) is 11.4 Å². The molecule has 19 heavy (non-hydrogen) atoms. The van der Waals surface area contributed by atoms with Crippen LogP contribution >= 0.6 is 0 Å². The highest BCUT2D eigenvalue weighted by molar-refractivity contribution is 5.82. The van der Waals surface area contributed by atoms with E-state index >= 15 is 0 Å². The second kappa shape index (κ2) is 3.78. The largest absolute Gasteiger partial charge is 0.326 e. The van der Waals surface area contributed by atoms with Gasteiger partial charge in [-0.3, -0.25) is 19.4 Å². The Bertz CT molecular complexity index is 871. The van der Waals surface area contributed by atoms with Gasteiger partial charge in [0, 0.05) is 5.69 Å². The quantitative estimate of drug-likeness (QED) is 0.718. The lowest BCUT2D eigenvalue weighted by atomic mass is 10.1. The summed E-state index contributed by atoms with van der Waals surface area (Å²) in [5.41, 5.74) is -1.22. The first-order valence-corrected chi connectivity index (χ1v) is 5.90. The van der Waals surface area contributed by atoms with Crippen molar-refractivity contribution in [2.45, 2.75) is 25.8 Å². The van der Waals surface area contributed by atoms with Gasteiger partial charge in [-0.1, -0.05) is 0 Å². The number of ketones is 1. The van der Waals surface area contributed by atoms with Crippen LogP contribution in [0.25, 0.3) is 10.9 Å². The van der Waals surface area contributed by atoms with Crippen LogP contribution in [0, 0.1) is 0 Å². The van der Waals surface area contributed by atoms with E-state index in [4.69, 9.17) is 0 Å². The summed E-state index contributed by atoms with van der Waals surface area (Å²) in [5, 5.41) is 0.153. The second-order valence-electron chi connectivity index (χ2n) is 4.67. The number of carbonyl (C=O) groups excluding carboxylic acids is 1. The predicted molar refractivity (Wildman–Crippen MR) is 67.5 cm³/mol. The molecule has 1 atom stereocenters. The molecule has 0 amide bonds. The Hall–Kier alpha value is -2.44. The van der Waals surface area contributed by atoms with E-state index in [-0.39, 0.29) is 16.7 Å². The molecule has 2 aromatic heterocycles. The van der Waals surface area contributed by atoms with E-state index in [1.165, 1.54) is 11.5 Å². The van der Waals surface area contributed by atoms with Crippen LogP contribution in [0.2, 0.25) is 0 Å². The molecular weight excluding hydrogens is 250 g/mol. The van der Waals surface area contributed by atoms with E-state index in [2.05, 4.69) is 9.97 Å². The highest BCUT2D eigenvalue weighted by atomic mass is 16.2. The number of carbonyl (C=O) groups is 1. The van der Waals surface area contributed by atoms with Crippen molar-refractivity contribution in [3.63, 3.8) is 0 Å². The zero-order chi connectivity index (χ0) is 13.7. The van der Waals surface area contributed by atoms with Gasteiger partial charge < -0.3 is 9.55 Å². The van der Waals surface area contributed by atoms with Gasteiger partial charge >= 0.3 is 5.69 Å². The van der Waals surface area contributed by atoms with Crippen LogP contribution in [-0.2, 0) is 11.2 Å². The Kier molecular flexibility index (Phi) is 2.31. The molecule has 0 bridgehead atoms. The molecule has 0 saturated heterocycles. The molecule has 2 aromatic rings. The van der Waals surface area contributed by atoms with E-state index in [1.54, 1.807) is 6.07 Å². The molecule has 0 aromatic carbocycles. The SMILES string of the molecule is CC(=O)C1CCc2cc3c(=O)[nH]c(=O)[nH]c3c(=O)n21. The maximum atomic E-state index is 12.3. The topological polar surface area (TPSA) is 105 Å². The number of pyridine rings is 1. The molecular formula is C12H11N3O4. The number of nitrogens with zero attached hydrogens (tertiary/aromatic N) is 1. The van der Waals surface area contributed by atoms with Crippen LogP contribution < -0.4 is 16.8 Å². The van der Waals surface area contributed by atoms with Gasteiger partial charge in [0.1, 0.15) is 5.52 Å². The van der Waals surface area contributed by atoms with Crippen LogP contribution in [0.5, 0.6) is 0 Å². The third-order valence-corrected chi connectivity index (χ3v) is 3.49. The van der Waals surface area contributed by atoms with Crippen molar-refractivity contribution < 1.29 is 4.79 Å². The van der Waals surface area contributed by atoms with E-state index in [1.807, 2.05) is 0 Å². The summed E-state index contributed by atoms with van der Waals surface area (Å²) in [6.45, 7) is 1.43. The zero-order valence-electron chi connectivity index (χ0n) is 10.1. The van der Waals surface area contributed by atoms with Gasteiger partial charge in [-0.15, -0.1) is 0 Å². The van der Waals surface area contributed by atoms with E-state index < -0.39 is 22.9 Å². The maximum Gasteiger partial charge on any atom is 0.326 e. The molecule has 0 spiro atoms. The van der Waals surface area contributed by atoms with Gasteiger partial charge in [0.15, 0.2) is 5.78 Å². The molecule has 0 fully saturated rings. The average Bonchev–Trinajstić information content (AvgIpc) is 2.75. The summed E-state index contributed by atoms with van der Waals surface area (Å²) in [5.74, 6) is -0.104. The third-order valence-electron chi connectivity index (χ3n) is 3.49. The standard InChI is InChI=1S/C12H11N3O4/c1-5(16)8-3-2-6-4-7-9(11(18)15(6)8)13-12(19)14-10(7)17/h4,8H,2-3H2,1H3,(H2,13,14,17,19). The first kappa shape index (κ1) is 11.6. The third kappa shape index (κ3) is 1.58. The number of aromatic amines is 2. The molecule has 98 valence electrons. The summed E-state index contributed by atoms with van der Waals surface area (Å²) < 4.78 is 1.38. The Labute approximate surface area is 105 Å². The molecule has 2 N–H and O–H groups in total. The minimum Gasteiger partial charge on any atom is -0.302 e. The van der Waals surface area contributed by atoms with E-state index in [0.717, 1.165) is 0 Å². The Morgan fingerprint density at radius 1 is 1.32 bits per heavy atom. The normalized spacial score (nSPS) is 17.6. The number of hydrogen-bond acceptors (Lipinski definition) is 4. The number of fused-ring (bicyclic) bond motifs is 2.